The molecule has 0 bridgehead atoms. The fraction of sp³-hybridized carbons (Fsp3) is 0.381. The van der Waals surface area contributed by atoms with Gasteiger partial charge in [-0.05, 0) is 29.3 Å². The van der Waals surface area contributed by atoms with E-state index in [9.17, 15) is 13.2 Å². The van der Waals surface area contributed by atoms with E-state index in [0.29, 0.717) is 36.3 Å². The van der Waals surface area contributed by atoms with Crippen molar-refractivity contribution >= 4 is 38.9 Å². The lowest BCUT2D eigenvalue weighted by Crippen LogP contribution is -2.47. The summed E-state index contributed by atoms with van der Waals surface area (Å²) in [5.41, 5.74) is 1.72. The van der Waals surface area contributed by atoms with Crippen molar-refractivity contribution in [1.82, 2.24) is 10.2 Å². The van der Waals surface area contributed by atoms with Crippen LogP contribution in [0.2, 0.25) is 10.0 Å². The SMILES string of the molecule is CS(=O)(=O)c1ccc(CC(=O)NCC2CN(Cc3cccc(Cl)c3Cl)CCO2)cc1. The van der Waals surface area contributed by atoms with E-state index < -0.39 is 9.84 Å². The third-order valence-electron chi connectivity index (χ3n) is 4.89. The number of sulfone groups is 1. The summed E-state index contributed by atoms with van der Waals surface area (Å²) in [4.78, 5) is 14.7. The highest BCUT2D eigenvalue weighted by Gasteiger charge is 2.22. The van der Waals surface area contributed by atoms with E-state index in [2.05, 4.69) is 10.2 Å². The van der Waals surface area contributed by atoms with Gasteiger partial charge in [0, 0.05) is 32.4 Å². The van der Waals surface area contributed by atoms with Crippen LogP contribution in [0.5, 0.6) is 0 Å². The quantitative estimate of drug-likeness (QED) is 0.672. The fourth-order valence-corrected chi connectivity index (χ4v) is 4.30. The van der Waals surface area contributed by atoms with E-state index in [1.807, 2.05) is 12.1 Å². The van der Waals surface area contributed by atoms with Gasteiger partial charge in [0.15, 0.2) is 9.84 Å². The molecule has 0 radical (unpaired) electrons. The van der Waals surface area contributed by atoms with Crippen LogP contribution >= 0.6 is 23.2 Å². The molecule has 1 aliphatic rings. The monoisotopic (exact) mass is 470 g/mol. The molecule has 1 N–H and O–H groups in total. The van der Waals surface area contributed by atoms with Gasteiger partial charge in [0.2, 0.25) is 5.91 Å². The molecule has 1 fully saturated rings. The van der Waals surface area contributed by atoms with E-state index >= 15 is 0 Å². The smallest absolute Gasteiger partial charge is 0.224 e. The van der Waals surface area contributed by atoms with Crippen LogP contribution in [0.3, 0.4) is 0 Å². The highest BCUT2D eigenvalue weighted by atomic mass is 35.5. The Hall–Kier alpha value is -1.64. The second-order valence-electron chi connectivity index (χ2n) is 7.34. The van der Waals surface area contributed by atoms with Crippen molar-refractivity contribution in [2.75, 3.05) is 32.5 Å². The lowest BCUT2D eigenvalue weighted by molar-refractivity contribution is -0.121. The second-order valence-corrected chi connectivity index (χ2v) is 10.1. The molecule has 1 amide bonds. The Morgan fingerprint density at radius 1 is 1.20 bits per heavy atom. The number of ether oxygens (including phenoxy) is 1. The zero-order chi connectivity index (χ0) is 21.7. The first-order valence-corrected chi connectivity index (χ1v) is 12.2. The first-order valence-electron chi connectivity index (χ1n) is 9.55. The van der Waals surface area contributed by atoms with Gasteiger partial charge in [-0.2, -0.15) is 0 Å². The Morgan fingerprint density at radius 2 is 1.93 bits per heavy atom. The van der Waals surface area contributed by atoms with Crippen LogP contribution in [0.4, 0.5) is 0 Å². The minimum atomic E-state index is -3.24. The summed E-state index contributed by atoms with van der Waals surface area (Å²) < 4.78 is 28.8. The van der Waals surface area contributed by atoms with Crippen LogP contribution in [-0.4, -0.2) is 57.8 Å². The average molecular weight is 471 g/mol. The first-order chi connectivity index (χ1) is 14.2. The summed E-state index contributed by atoms with van der Waals surface area (Å²) in [6, 6.07) is 11.9. The number of benzene rings is 2. The van der Waals surface area contributed by atoms with E-state index in [0.717, 1.165) is 23.9 Å². The normalized spacial score (nSPS) is 17.6. The number of hydrogen-bond acceptors (Lipinski definition) is 5. The largest absolute Gasteiger partial charge is 0.374 e. The van der Waals surface area contributed by atoms with Gasteiger partial charge in [0.1, 0.15) is 0 Å². The van der Waals surface area contributed by atoms with E-state index in [4.69, 9.17) is 27.9 Å². The Morgan fingerprint density at radius 3 is 2.63 bits per heavy atom. The molecule has 0 aromatic heterocycles. The van der Waals surface area contributed by atoms with Gasteiger partial charge >= 0.3 is 0 Å². The van der Waals surface area contributed by atoms with E-state index in [1.54, 1.807) is 18.2 Å². The van der Waals surface area contributed by atoms with Crippen molar-refractivity contribution in [2.24, 2.45) is 0 Å². The molecule has 1 heterocycles. The Balaban J connectivity index is 1.48. The molecular formula is C21H24Cl2N2O4S. The number of nitrogens with zero attached hydrogens (tertiary/aromatic N) is 1. The standard InChI is InChI=1S/C21H24Cl2N2O4S/c1-30(27,28)18-7-5-15(6-8-18)11-20(26)24-12-17-14-25(9-10-29-17)13-16-3-2-4-19(22)21(16)23/h2-8,17H,9-14H2,1H3,(H,24,26). The zero-order valence-electron chi connectivity index (χ0n) is 16.6. The van der Waals surface area contributed by atoms with Gasteiger partial charge in [-0.25, -0.2) is 8.42 Å². The molecule has 2 aromatic rings. The zero-order valence-corrected chi connectivity index (χ0v) is 18.9. The number of carbonyl (C=O) groups excluding carboxylic acids is 1. The van der Waals surface area contributed by atoms with Gasteiger partial charge in [0.05, 0.1) is 34.1 Å². The lowest BCUT2D eigenvalue weighted by Gasteiger charge is -2.33. The van der Waals surface area contributed by atoms with Gasteiger partial charge < -0.3 is 10.1 Å². The highest BCUT2D eigenvalue weighted by molar-refractivity contribution is 7.90. The Bertz CT molecular complexity index is 997. The summed E-state index contributed by atoms with van der Waals surface area (Å²) >= 11 is 12.4. The number of carbonyl (C=O) groups is 1. The molecule has 0 aliphatic carbocycles. The molecule has 1 aliphatic heterocycles. The third kappa shape index (κ3) is 6.43. The number of nitrogens with one attached hydrogen (secondary N) is 1. The number of amides is 1. The van der Waals surface area contributed by atoms with Crippen molar-refractivity contribution < 1.29 is 17.9 Å². The number of morpholine rings is 1. The summed E-state index contributed by atoms with van der Waals surface area (Å²) in [5.74, 6) is -0.138. The van der Waals surface area contributed by atoms with Crippen molar-refractivity contribution in [3.63, 3.8) is 0 Å². The van der Waals surface area contributed by atoms with Gasteiger partial charge in [-0.15, -0.1) is 0 Å². The minimum absolute atomic E-state index is 0.117. The van der Waals surface area contributed by atoms with E-state index in [-0.39, 0.29) is 23.3 Å². The summed E-state index contributed by atoms with van der Waals surface area (Å²) in [6.45, 7) is 3.09. The van der Waals surface area contributed by atoms with Crippen LogP contribution < -0.4 is 5.32 Å². The maximum Gasteiger partial charge on any atom is 0.224 e. The maximum absolute atomic E-state index is 12.3. The predicted octanol–water partition coefficient (Wildman–Crippen LogP) is 2.96. The fourth-order valence-electron chi connectivity index (χ4n) is 3.29. The highest BCUT2D eigenvalue weighted by Crippen LogP contribution is 2.27. The summed E-state index contributed by atoms with van der Waals surface area (Å²) in [7, 11) is -3.24. The van der Waals surface area contributed by atoms with Crippen LogP contribution in [0.15, 0.2) is 47.4 Å². The van der Waals surface area contributed by atoms with Crippen molar-refractivity contribution in [3.8, 4) is 0 Å². The molecule has 0 spiro atoms. The van der Waals surface area contributed by atoms with Crippen LogP contribution in [-0.2, 0) is 32.3 Å². The first kappa shape index (κ1) is 23.0. The van der Waals surface area contributed by atoms with Crippen LogP contribution in [0.1, 0.15) is 11.1 Å². The summed E-state index contributed by atoms with van der Waals surface area (Å²) in [5, 5.41) is 4.00. The molecule has 1 atom stereocenters. The van der Waals surface area contributed by atoms with Crippen LogP contribution in [0.25, 0.3) is 0 Å². The van der Waals surface area contributed by atoms with E-state index in [1.165, 1.54) is 12.1 Å². The predicted molar refractivity (Wildman–Crippen MR) is 118 cm³/mol. The molecule has 1 saturated heterocycles. The van der Waals surface area contributed by atoms with Crippen LogP contribution in [0, 0.1) is 0 Å². The molecule has 1 unspecified atom stereocenters. The number of halogens is 2. The summed E-state index contributed by atoms with van der Waals surface area (Å²) in [6.07, 6.45) is 1.22. The maximum atomic E-state index is 12.3. The molecule has 6 nitrogen and oxygen atoms in total. The molecule has 9 heteroatoms. The van der Waals surface area contributed by atoms with Crippen molar-refractivity contribution in [3.05, 3.63) is 63.6 Å². The molecular weight excluding hydrogens is 447 g/mol. The topological polar surface area (TPSA) is 75.7 Å². The molecule has 3 rings (SSSR count). The van der Waals surface area contributed by atoms with Gasteiger partial charge in [0.25, 0.3) is 0 Å². The Labute approximate surface area is 187 Å². The Kier molecular flexibility index (Phi) is 7.76. The lowest BCUT2D eigenvalue weighted by atomic mass is 10.1. The second kappa shape index (κ2) is 10.1. The average Bonchev–Trinajstić information content (AvgIpc) is 2.70. The minimum Gasteiger partial charge on any atom is -0.374 e. The van der Waals surface area contributed by atoms with Gasteiger partial charge in [-0.1, -0.05) is 47.5 Å². The molecule has 30 heavy (non-hydrogen) atoms. The molecule has 0 saturated carbocycles. The number of hydrogen-bond donors (Lipinski definition) is 1. The van der Waals surface area contributed by atoms with Crippen molar-refractivity contribution in [1.29, 1.82) is 0 Å². The molecule has 2 aromatic carbocycles. The molecule has 162 valence electrons. The number of rotatable bonds is 7. The third-order valence-corrected chi connectivity index (χ3v) is 6.88. The van der Waals surface area contributed by atoms with Gasteiger partial charge in [-0.3, -0.25) is 9.69 Å². The van der Waals surface area contributed by atoms with Crippen molar-refractivity contribution in [2.45, 2.75) is 24.0 Å².